The van der Waals surface area contributed by atoms with E-state index in [2.05, 4.69) is 10.2 Å². The zero-order chi connectivity index (χ0) is 10.7. The highest BCUT2D eigenvalue weighted by atomic mass is 32.2. The minimum absolute atomic E-state index is 0.188. The molecule has 0 amide bonds. The minimum atomic E-state index is -0.188. The zero-order valence-corrected chi connectivity index (χ0v) is 9.19. The van der Waals surface area contributed by atoms with Gasteiger partial charge in [0.05, 0.1) is 5.69 Å². The number of anilines is 1. The second-order valence-corrected chi connectivity index (χ2v) is 4.18. The first-order valence-electron chi connectivity index (χ1n) is 4.93. The first-order chi connectivity index (χ1) is 7.31. The van der Waals surface area contributed by atoms with Crippen LogP contribution in [0.1, 0.15) is 0 Å². The molecule has 1 fully saturated rings. The summed E-state index contributed by atoms with van der Waals surface area (Å²) in [5, 5.41) is 8.61. The Hall–Kier alpha value is -0.780. The third-order valence-electron chi connectivity index (χ3n) is 2.51. The maximum atomic E-state index is 13.7. The van der Waals surface area contributed by atoms with Crippen LogP contribution in [0.3, 0.4) is 0 Å². The van der Waals surface area contributed by atoms with Crippen molar-refractivity contribution in [1.29, 1.82) is 0 Å². The number of piperazine rings is 1. The van der Waals surface area contributed by atoms with Crippen molar-refractivity contribution in [3.05, 3.63) is 24.0 Å². The Morgan fingerprint density at radius 2 is 2.07 bits per heavy atom. The Labute approximate surface area is 93.0 Å². The fourth-order valence-electron chi connectivity index (χ4n) is 1.72. The Balaban J connectivity index is 2.19. The summed E-state index contributed by atoms with van der Waals surface area (Å²) in [5.41, 5.74) is 0.675. The summed E-state index contributed by atoms with van der Waals surface area (Å²) < 4.78 is 13.7. The molecule has 0 bridgehead atoms. The van der Waals surface area contributed by atoms with Crippen molar-refractivity contribution in [3.63, 3.8) is 0 Å². The van der Waals surface area contributed by atoms with Gasteiger partial charge in [-0.1, -0.05) is 0 Å². The van der Waals surface area contributed by atoms with E-state index in [1.807, 2.05) is 6.07 Å². The van der Waals surface area contributed by atoms with Crippen LogP contribution < -0.4 is 15.4 Å². The predicted molar refractivity (Wildman–Crippen MR) is 61.5 cm³/mol. The van der Waals surface area contributed by atoms with Crippen molar-refractivity contribution in [2.24, 2.45) is 5.14 Å². The van der Waals surface area contributed by atoms with Crippen molar-refractivity contribution in [2.45, 2.75) is 4.90 Å². The Morgan fingerprint density at radius 1 is 1.33 bits per heavy atom. The van der Waals surface area contributed by atoms with Crippen molar-refractivity contribution >= 4 is 17.6 Å². The molecule has 3 nitrogen and oxygen atoms in total. The highest BCUT2D eigenvalue weighted by Crippen LogP contribution is 2.23. The monoisotopic (exact) mass is 227 g/mol. The largest absolute Gasteiger partial charge is 0.367 e. The molecule has 0 aliphatic carbocycles. The van der Waals surface area contributed by atoms with Crippen LogP contribution in [0.15, 0.2) is 23.1 Å². The van der Waals surface area contributed by atoms with Crippen molar-refractivity contribution in [1.82, 2.24) is 5.32 Å². The van der Waals surface area contributed by atoms with E-state index in [0.717, 1.165) is 43.0 Å². The highest BCUT2D eigenvalue weighted by molar-refractivity contribution is 7.97. The van der Waals surface area contributed by atoms with E-state index in [-0.39, 0.29) is 5.82 Å². The Bertz CT molecular complexity index is 339. The van der Waals surface area contributed by atoms with Gasteiger partial charge in [-0.15, -0.1) is 0 Å². The van der Waals surface area contributed by atoms with E-state index in [9.17, 15) is 4.39 Å². The van der Waals surface area contributed by atoms with Gasteiger partial charge < -0.3 is 10.2 Å². The summed E-state index contributed by atoms with van der Waals surface area (Å²) in [6.45, 7) is 3.53. The summed E-state index contributed by atoms with van der Waals surface area (Å²) in [4.78, 5) is 2.81. The Kier molecular flexibility index (Phi) is 3.45. The third kappa shape index (κ3) is 2.42. The SMILES string of the molecule is NSc1ccc(N2CCNCC2)c(F)c1. The molecule has 3 N–H and O–H groups in total. The van der Waals surface area contributed by atoms with Crippen LogP contribution in [0.25, 0.3) is 0 Å². The molecule has 1 saturated heterocycles. The zero-order valence-electron chi connectivity index (χ0n) is 8.37. The standard InChI is InChI=1S/C10H14FN3S/c11-9-7-8(15-12)1-2-10(9)14-5-3-13-4-6-14/h1-2,7,13H,3-6,12H2. The molecule has 0 spiro atoms. The normalized spacial score (nSPS) is 16.8. The molecule has 82 valence electrons. The van der Waals surface area contributed by atoms with E-state index in [4.69, 9.17) is 5.14 Å². The van der Waals surface area contributed by atoms with Gasteiger partial charge in [0.15, 0.2) is 0 Å². The van der Waals surface area contributed by atoms with Gasteiger partial charge in [0.25, 0.3) is 0 Å². The lowest BCUT2D eigenvalue weighted by Gasteiger charge is -2.29. The van der Waals surface area contributed by atoms with Gasteiger partial charge in [-0.25, -0.2) is 4.39 Å². The van der Waals surface area contributed by atoms with Crippen molar-refractivity contribution < 1.29 is 4.39 Å². The fraction of sp³-hybridized carbons (Fsp3) is 0.400. The highest BCUT2D eigenvalue weighted by Gasteiger charge is 2.14. The summed E-state index contributed by atoms with van der Waals surface area (Å²) in [6, 6.07) is 5.14. The van der Waals surface area contributed by atoms with Gasteiger partial charge in [0.2, 0.25) is 0 Å². The molecule has 0 unspecified atom stereocenters. The van der Waals surface area contributed by atoms with Crippen LogP contribution in [0.4, 0.5) is 10.1 Å². The molecule has 1 heterocycles. The number of benzene rings is 1. The second kappa shape index (κ2) is 4.83. The van der Waals surface area contributed by atoms with E-state index in [0.29, 0.717) is 5.69 Å². The van der Waals surface area contributed by atoms with Gasteiger partial charge in [-0.2, -0.15) is 0 Å². The first-order valence-corrected chi connectivity index (χ1v) is 5.81. The quantitative estimate of drug-likeness (QED) is 0.745. The molecule has 1 aromatic carbocycles. The number of hydrogen-bond donors (Lipinski definition) is 2. The van der Waals surface area contributed by atoms with Gasteiger partial charge in [-0.3, -0.25) is 5.14 Å². The summed E-state index contributed by atoms with van der Waals surface area (Å²) in [6.07, 6.45) is 0. The van der Waals surface area contributed by atoms with E-state index in [1.165, 1.54) is 6.07 Å². The number of nitrogens with two attached hydrogens (primary N) is 1. The van der Waals surface area contributed by atoms with Gasteiger partial charge in [0.1, 0.15) is 5.82 Å². The fourth-order valence-corrected chi connectivity index (χ4v) is 2.04. The molecular formula is C10H14FN3S. The van der Waals surface area contributed by atoms with Crippen LogP contribution in [0, 0.1) is 5.82 Å². The summed E-state index contributed by atoms with van der Waals surface area (Å²) in [7, 11) is 0. The van der Waals surface area contributed by atoms with Gasteiger partial charge in [-0.05, 0) is 30.1 Å². The number of halogens is 1. The van der Waals surface area contributed by atoms with E-state index >= 15 is 0 Å². The smallest absolute Gasteiger partial charge is 0.147 e. The molecule has 1 aromatic rings. The predicted octanol–water partition coefficient (Wildman–Crippen LogP) is 1.20. The second-order valence-electron chi connectivity index (χ2n) is 3.47. The summed E-state index contributed by atoms with van der Waals surface area (Å²) >= 11 is 1.07. The topological polar surface area (TPSA) is 41.3 Å². The van der Waals surface area contributed by atoms with Crippen LogP contribution in [0.5, 0.6) is 0 Å². The lowest BCUT2D eigenvalue weighted by molar-refractivity contribution is 0.565. The first kappa shape index (κ1) is 10.7. The van der Waals surface area contributed by atoms with Gasteiger partial charge in [0, 0.05) is 31.1 Å². The number of nitrogens with one attached hydrogen (secondary N) is 1. The van der Waals surface area contributed by atoms with Crippen LogP contribution >= 0.6 is 11.9 Å². The summed E-state index contributed by atoms with van der Waals surface area (Å²) in [5.74, 6) is -0.188. The molecule has 5 heteroatoms. The minimum Gasteiger partial charge on any atom is -0.367 e. The molecule has 0 aromatic heterocycles. The van der Waals surface area contributed by atoms with Crippen molar-refractivity contribution in [3.8, 4) is 0 Å². The van der Waals surface area contributed by atoms with Crippen LogP contribution in [0.2, 0.25) is 0 Å². The van der Waals surface area contributed by atoms with Gasteiger partial charge >= 0.3 is 0 Å². The number of nitrogens with zero attached hydrogens (tertiary/aromatic N) is 1. The van der Waals surface area contributed by atoms with Crippen LogP contribution in [-0.4, -0.2) is 26.2 Å². The average Bonchev–Trinajstić information content (AvgIpc) is 2.30. The average molecular weight is 227 g/mol. The van der Waals surface area contributed by atoms with E-state index < -0.39 is 0 Å². The van der Waals surface area contributed by atoms with Crippen LogP contribution in [-0.2, 0) is 0 Å². The maximum Gasteiger partial charge on any atom is 0.147 e. The van der Waals surface area contributed by atoms with Crippen molar-refractivity contribution in [2.75, 3.05) is 31.1 Å². The molecule has 2 rings (SSSR count). The number of hydrogen-bond acceptors (Lipinski definition) is 4. The Morgan fingerprint density at radius 3 is 2.67 bits per heavy atom. The molecule has 15 heavy (non-hydrogen) atoms. The number of rotatable bonds is 2. The molecule has 0 radical (unpaired) electrons. The maximum absolute atomic E-state index is 13.7. The molecular weight excluding hydrogens is 213 g/mol. The molecule has 0 saturated carbocycles. The molecule has 1 aliphatic rings. The van der Waals surface area contributed by atoms with E-state index in [1.54, 1.807) is 6.07 Å². The third-order valence-corrected chi connectivity index (χ3v) is 3.04. The lowest BCUT2D eigenvalue weighted by Crippen LogP contribution is -2.43. The molecule has 1 aliphatic heterocycles. The lowest BCUT2D eigenvalue weighted by atomic mass is 10.2. The molecule has 0 atom stereocenters.